The summed E-state index contributed by atoms with van der Waals surface area (Å²) in [6.07, 6.45) is 1.07. The Morgan fingerprint density at radius 3 is 2.58 bits per heavy atom. The average Bonchev–Trinajstić information content (AvgIpc) is 3.41. The Kier molecular flexibility index (Phi) is 10.2. The van der Waals surface area contributed by atoms with Crippen molar-refractivity contribution >= 4 is 33.2 Å². The van der Waals surface area contributed by atoms with Gasteiger partial charge in [0, 0.05) is 30.2 Å². The van der Waals surface area contributed by atoms with E-state index in [0.717, 1.165) is 5.56 Å². The Morgan fingerprint density at radius 1 is 1.07 bits per heavy atom. The van der Waals surface area contributed by atoms with Crippen molar-refractivity contribution in [2.75, 3.05) is 32.1 Å². The van der Waals surface area contributed by atoms with E-state index in [9.17, 15) is 13.2 Å². The van der Waals surface area contributed by atoms with Crippen LogP contribution in [0.2, 0.25) is 5.02 Å². The first kappa shape index (κ1) is 29.5. The molecule has 40 heavy (non-hydrogen) atoms. The van der Waals surface area contributed by atoms with Crippen LogP contribution in [0, 0.1) is 0 Å². The van der Waals surface area contributed by atoms with Crippen molar-refractivity contribution in [3.8, 4) is 5.75 Å². The second kappa shape index (κ2) is 13.8. The van der Waals surface area contributed by atoms with E-state index in [-0.39, 0.29) is 36.2 Å². The minimum Gasteiger partial charge on any atom is -0.494 e. The summed E-state index contributed by atoms with van der Waals surface area (Å²) in [6.45, 7) is 0.752. The number of ether oxygens (including phenoxy) is 2. The first-order valence-electron chi connectivity index (χ1n) is 12.9. The molecular formula is C29H32ClN3O6S. The molecule has 1 aliphatic heterocycles. The van der Waals surface area contributed by atoms with Crippen LogP contribution in [0.15, 0.2) is 88.8 Å². The molecule has 0 aromatic heterocycles. The van der Waals surface area contributed by atoms with Crippen molar-refractivity contribution in [2.45, 2.75) is 29.7 Å². The summed E-state index contributed by atoms with van der Waals surface area (Å²) in [4.78, 5) is 18.3. The number of nitrogens with one attached hydrogen (secondary N) is 2. The van der Waals surface area contributed by atoms with Gasteiger partial charge in [0.25, 0.3) is 5.91 Å². The molecule has 0 fully saturated rings. The molecule has 1 aliphatic rings. The lowest BCUT2D eigenvalue weighted by atomic mass is 9.98. The number of aliphatic imine (C=N–C) groups is 1. The van der Waals surface area contributed by atoms with Crippen molar-refractivity contribution in [1.82, 2.24) is 10.9 Å². The van der Waals surface area contributed by atoms with E-state index in [1.807, 2.05) is 18.2 Å². The summed E-state index contributed by atoms with van der Waals surface area (Å²) >= 11 is 6.05. The highest BCUT2D eigenvalue weighted by atomic mass is 35.5. The molecule has 1 amide bonds. The maximum atomic E-state index is 13.4. The van der Waals surface area contributed by atoms with Gasteiger partial charge in [0.05, 0.1) is 17.3 Å². The third-order valence-corrected chi connectivity index (χ3v) is 8.34. The lowest BCUT2D eigenvalue weighted by Gasteiger charge is -2.23. The van der Waals surface area contributed by atoms with E-state index in [4.69, 9.17) is 26.2 Å². The highest BCUT2D eigenvalue weighted by Crippen LogP contribution is 2.28. The number of rotatable bonds is 14. The lowest BCUT2D eigenvalue weighted by molar-refractivity contribution is -0.127. The summed E-state index contributed by atoms with van der Waals surface area (Å²) < 4.78 is 37.5. The monoisotopic (exact) mass is 585 g/mol. The number of hydrazine groups is 1. The molecular weight excluding hydrogens is 554 g/mol. The minimum absolute atomic E-state index is 0.0440. The third kappa shape index (κ3) is 7.82. The summed E-state index contributed by atoms with van der Waals surface area (Å²) in [7, 11) is -3.66. The van der Waals surface area contributed by atoms with Gasteiger partial charge in [0.2, 0.25) is 5.90 Å². The van der Waals surface area contributed by atoms with Gasteiger partial charge in [0.1, 0.15) is 12.4 Å². The summed E-state index contributed by atoms with van der Waals surface area (Å²) in [6, 6.07) is 22.6. The SMILES string of the molecule is O=C(NNCCc1cccc(Cl)c1)[C@]1(CCS(=O)(=O)c2ccccc2)COC(c2ccc(OCCCO)cc2)=N1. The fourth-order valence-corrected chi connectivity index (χ4v) is 5.73. The standard InChI is InChI=1S/C29H32ClN3O6S/c30-24-7-4-6-22(20-24)14-16-31-33-28(35)29(15-19-40(36,37)26-8-2-1-3-9-26)21-39-27(32-29)23-10-12-25(13-11-23)38-18-5-17-34/h1-4,6-13,20,31,34H,5,14-19,21H2,(H,33,35)/t29-/m0/s1. The molecule has 0 radical (unpaired) electrons. The van der Waals surface area contributed by atoms with Gasteiger partial charge >= 0.3 is 0 Å². The van der Waals surface area contributed by atoms with E-state index in [2.05, 4.69) is 15.8 Å². The molecule has 11 heteroatoms. The molecule has 0 aliphatic carbocycles. The molecule has 0 spiro atoms. The first-order chi connectivity index (χ1) is 19.3. The molecule has 0 unspecified atom stereocenters. The number of aliphatic hydroxyl groups excluding tert-OH is 1. The van der Waals surface area contributed by atoms with Crippen molar-refractivity contribution in [3.63, 3.8) is 0 Å². The van der Waals surface area contributed by atoms with E-state index < -0.39 is 21.3 Å². The maximum Gasteiger partial charge on any atom is 0.265 e. The zero-order valence-electron chi connectivity index (χ0n) is 21.9. The van der Waals surface area contributed by atoms with E-state index in [0.29, 0.717) is 42.3 Å². The number of hydrogen-bond donors (Lipinski definition) is 3. The number of amides is 1. The molecule has 3 aromatic carbocycles. The van der Waals surface area contributed by atoms with Crippen LogP contribution < -0.4 is 15.6 Å². The fraction of sp³-hybridized carbons (Fsp3) is 0.310. The van der Waals surface area contributed by atoms with Gasteiger partial charge in [-0.1, -0.05) is 41.9 Å². The van der Waals surface area contributed by atoms with Crippen molar-refractivity contribution < 1.29 is 27.8 Å². The predicted molar refractivity (Wildman–Crippen MR) is 153 cm³/mol. The van der Waals surface area contributed by atoms with Gasteiger partial charge < -0.3 is 14.6 Å². The predicted octanol–water partition coefficient (Wildman–Crippen LogP) is 3.34. The lowest BCUT2D eigenvalue weighted by Crippen LogP contribution is -2.52. The smallest absolute Gasteiger partial charge is 0.265 e. The van der Waals surface area contributed by atoms with Gasteiger partial charge in [-0.2, -0.15) is 0 Å². The van der Waals surface area contributed by atoms with Crippen LogP contribution in [-0.2, 0) is 25.8 Å². The Labute approximate surface area is 239 Å². The van der Waals surface area contributed by atoms with E-state index >= 15 is 0 Å². The van der Waals surface area contributed by atoms with E-state index in [1.165, 1.54) is 12.1 Å². The molecule has 4 rings (SSSR count). The Balaban J connectivity index is 1.48. The number of aliphatic hydroxyl groups is 1. The summed E-state index contributed by atoms with van der Waals surface area (Å²) in [5.41, 5.74) is 5.80. The van der Waals surface area contributed by atoms with Gasteiger partial charge in [-0.25, -0.2) is 18.8 Å². The third-order valence-electron chi connectivity index (χ3n) is 6.37. The average molecular weight is 586 g/mol. The molecule has 1 atom stereocenters. The zero-order chi connectivity index (χ0) is 28.4. The van der Waals surface area contributed by atoms with Gasteiger partial charge in [-0.3, -0.25) is 10.2 Å². The molecule has 3 aromatic rings. The van der Waals surface area contributed by atoms with Crippen LogP contribution in [0.25, 0.3) is 0 Å². The summed E-state index contributed by atoms with van der Waals surface area (Å²) in [5, 5.41) is 9.56. The van der Waals surface area contributed by atoms with Crippen LogP contribution in [0.4, 0.5) is 0 Å². The molecule has 212 valence electrons. The minimum atomic E-state index is -3.66. The molecule has 0 bridgehead atoms. The van der Waals surface area contributed by atoms with Crippen molar-refractivity contribution in [1.29, 1.82) is 0 Å². The number of nitrogens with zero attached hydrogens (tertiary/aromatic N) is 1. The first-order valence-corrected chi connectivity index (χ1v) is 15.0. The highest BCUT2D eigenvalue weighted by molar-refractivity contribution is 7.91. The number of carbonyl (C=O) groups excluding carboxylic acids is 1. The van der Waals surface area contributed by atoms with Crippen molar-refractivity contribution in [3.05, 3.63) is 95.0 Å². The highest BCUT2D eigenvalue weighted by Gasteiger charge is 2.45. The second-order valence-electron chi connectivity index (χ2n) is 9.33. The van der Waals surface area contributed by atoms with Crippen LogP contribution in [-0.4, -0.2) is 63.0 Å². The largest absolute Gasteiger partial charge is 0.494 e. The number of sulfone groups is 1. The molecule has 1 heterocycles. The Bertz CT molecular complexity index is 1420. The number of halogens is 1. The van der Waals surface area contributed by atoms with E-state index in [1.54, 1.807) is 48.5 Å². The van der Waals surface area contributed by atoms with Crippen LogP contribution in [0.5, 0.6) is 5.75 Å². The van der Waals surface area contributed by atoms with Crippen molar-refractivity contribution in [2.24, 2.45) is 4.99 Å². The van der Waals surface area contributed by atoms with Crippen LogP contribution in [0.3, 0.4) is 0 Å². The van der Waals surface area contributed by atoms with Crippen LogP contribution in [0.1, 0.15) is 24.0 Å². The number of benzene rings is 3. The molecule has 0 saturated carbocycles. The zero-order valence-corrected chi connectivity index (χ0v) is 23.5. The number of hydrogen-bond acceptors (Lipinski definition) is 8. The fourth-order valence-electron chi connectivity index (χ4n) is 4.11. The Morgan fingerprint density at radius 2 is 1.85 bits per heavy atom. The molecule has 3 N–H and O–H groups in total. The van der Waals surface area contributed by atoms with Gasteiger partial charge in [0.15, 0.2) is 15.4 Å². The van der Waals surface area contributed by atoms with Gasteiger partial charge in [-0.15, -0.1) is 0 Å². The Hall–Kier alpha value is -3.44. The normalized spacial score (nSPS) is 16.7. The quantitative estimate of drug-likeness (QED) is 0.196. The second-order valence-corrected chi connectivity index (χ2v) is 11.9. The summed E-state index contributed by atoms with van der Waals surface area (Å²) in [5.74, 6) is 0.0941. The maximum absolute atomic E-state index is 13.4. The topological polar surface area (TPSA) is 126 Å². The number of carbonyl (C=O) groups is 1. The van der Waals surface area contributed by atoms with Gasteiger partial charge in [-0.05, 0) is 66.9 Å². The molecule has 9 nitrogen and oxygen atoms in total. The molecule has 0 saturated heterocycles. The van der Waals surface area contributed by atoms with Crippen LogP contribution >= 0.6 is 11.6 Å².